The maximum absolute atomic E-state index is 6.33. The number of aryl methyl sites for hydroxylation is 1. The molecule has 0 saturated carbocycles. The van der Waals surface area contributed by atoms with Gasteiger partial charge >= 0.3 is 0 Å². The number of hydrogen-bond donors (Lipinski definition) is 0. The molecule has 168 valence electrons. The van der Waals surface area contributed by atoms with Crippen molar-refractivity contribution in [3.63, 3.8) is 0 Å². The third-order valence-corrected chi connectivity index (χ3v) is 5.50. The fraction of sp³-hybridized carbons (Fsp3) is 0.200. The molecule has 0 aliphatic carbocycles. The molecule has 3 heteroatoms. The molecule has 0 aliphatic heterocycles. The first-order valence-electron chi connectivity index (χ1n) is 11.5. The molecule has 0 N–H and O–H groups in total. The van der Waals surface area contributed by atoms with E-state index in [-0.39, 0.29) is 6.29 Å². The highest BCUT2D eigenvalue weighted by Crippen LogP contribution is 2.39. The molecular weight excluding hydrogens is 408 g/mol. The lowest BCUT2D eigenvalue weighted by Gasteiger charge is -2.19. The molecule has 0 amide bonds. The van der Waals surface area contributed by atoms with E-state index in [2.05, 4.69) is 61.5 Å². The molecule has 0 saturated heterocycles. The molecule has 0 aliphatic rings. The fourth-order valence-corrected chi connectivity index (χ4v) is 3.77. The lowest BCUT2D eigenvalue weighted by molar-refractivity contribution is -0.0738. The Kier molecular flexibility index (Phi) is 7.78. The molecule has 1 unspecified atom stereocenters. The van der Waals surface area contributed by atoms with Crippen LogP contribution in [0.15, 0.2) is 103 Å². The lowest BCUT2D eigenvalue weighted by Crippen LogP contribution is -2.20. The Labute approximate surface area is 196 Å². The van der Waals surface area contributed by atoms with E-state index in [1.54, 1.807) is 0 Å². The number of para-hydroxylation sites is 1. The van der Waals surface area contributed by atoms with Crippen molar-refractivity contribution in [3.8, 4) is 33.8 Å². The van der Waals surface area contributed by atoms with Crippen molar-refractivity contribution in [2.75, 3.05) is 13.2 Å². The standard InChI is InChI=1S/C30H30O3/c1-3-24-17-19-27(20-18-24)33-23(2)31-21-22-32-30-28(25-11-6-4-7-12-25)15-10-16-29(30)26-13-8-5-9-14-26/h4-20,23H,3,21-22H2,1-2H3. The Morgan fingerprint density at radius 1 is 0.636 bits per heavy atom. The van der Waals surface area contributed by atoms with Gasteiger partial charge in [0.25, 0.3) is 0 Å². The van der Waals surface area contributed by atoms with Gasteiger partial charge in [-0.2, -0.15) is 0 Å². The second kappa shape index (κ2) is 11.3. The minimum absolute atomic E-state index is 0.362. The first kappa shape index (κ1) is 22.6. The highest BCUT2D eigenvalue weighted by Gasteiger charge is 2.14. The Balaban J connectivity index is 1.44. The van der Waals surface area contributed by atoms with Gasteiger partial charge < -0.3 is 14.2 Å². The van der Waals surface area contributed by atoms with Crippen molar-refractivity contribution >= 4 is 0 Å². The number of benzene rings is 4. The molecule has 33 heavy (non-hydrogen) atoms. The SMILES string of the molecule is CCc1ccc(OC(C)OCCOc2c(-c3ccccc3)cccc2-c2ccccc2)cc1. The quantitative estimate of drug-likeness (QED) is 0.191. The van der Waals surface area contributed by atoms with E-state index in [1.807, 2.05) is 55.5 Å². The van der Waals surface area contributed by atoms with E-state index in [9.17, 15) is 0 Å². The minimum atomic E-state index is -0.362. The summed E-state index contributed by atoms with van der Waals surface area (Å²) < 4.78 is 18.1. The molecule has 0 spiro atoms. The lowest BCUT2D eigenvalue weighted by atomic mass is 9.97. The van der Waals surface area contributed by atoms with Gasteiger partial charge in [0.05, 0.1) is 6.61 Å². The van der Waals surface area contributed by atoms with Crippen molar-refractivity contribution in [1.29, 1.82) is 0 Å². The van der Waals surface area contributed by atoms with E-state index < -0.39 is 0 Å². The van der Waals surface area contributed by atoms with Crippen LogP contribution in [0.2, 0.25) is 0 Å². The van der Waals surface area contributed by atoms with Gasteiger partial charge in [-0.15, -0.1) is 0 Å². The monoisotopic (exact) mass is 438 g/mol. The summed E-state index contributed by atoms with van der Waals surface area (Å²) in [6.07, 6.45) is 0.651. The van der Waals surface area contributed by atoms with E-state index in [0.717, 1.165) is 40.2 Å². The van der Waals surface area contributed by atoms with Crippen LogP contribution in [0.1, 0.15) is 19.4 Å². The van der Waals surface area contributed by atoms with Crippen molar-refractivity contribution < 1.29 is 14.2 Å². The van der Waals surface area contributed by atoms with E-state index in [0.29, 0.717) is 13.2 Å². The Morgan fingerprint density at radius 3 is 1.76 bits per heavy atom. The molecule has 0 radical (unpaired) electrons. The molecular formula is C30H30O3. The predicted molar refractivity (Wildman–Crippen MR) is 135 cm³/mol. The molecule has 0 heterocycles. The molecule has 4 aromatic carbocycles. The summed E-state index contributed by atoms with van der Waals surface area (Å²) >= 11 is 0. The molecule has 0 aromatic heterocycles. The second-order valence-corrected chi connectivity index (χ2v) is 7.82. The van der Waals surface area contributed by atoms with Gasteiger partial charge in [0.2, 0.25) is 0 Å². The van der Waals surface area contributed by atoms with Crippen LogP contribution in [0, 0.1) is 0 Å². The van der Waals surface area contributed by atoms with Gasteiger partial charge in [-0.1, -0.05) is 97.9 Å². The van der Waals surface area contributed by atoms with Crippen LogP contribution >= 0.6 is 0 Å². The Hall–Kier alpha value is -3.56. The normalized spacial score (nSPS) is 11.7. The summed E-state index contributed by atoms with van der Waals surface area (Å²) in [5.74, 6) is 1.67. The number of rotatable bonds is 10. The van der Waals surface area contributed by atoms with E-state index >= 15 is 0 Å². The maximum atomic E-state index is 6.33. The molecule has 4 aromatic rings. The van der Waals surface area contributed by atoms with Gasteiger partial charge in [-0.05, 0) is 42.2 Å². The Bertz CT molecular complexity index is 1060. The van der Waals surface area contributed by atoms with Crippen LogP contribution in [-0.2, 0) is 11.2 Å². The Morgan fingerprint density at radius 2 is 1.21 bits per heavy atom. The smallest absolute Gasteiger partial charge is 0.197 e. The average Bonchev–Trinajstić information content (AvgIpc) is 2.88. The maximum Gasteiger partial charge on any atom is 0.197 e. The number of hydrogen-bond acceptors (Lipinski definition) is 3. The third kappa shape index (κ3) is 6.03. The minimum Gasteiger partial charge on any atom is -0.490 e. The van der Waals surface area contributed by atoms with Gasteiger partial charge in [0, 0.05) is 11.1 Å². The van der Waals surface area contributed by atoms with Crippen LogP contribution in [0.5, 0.6) is 11.5 Å². The van der Waals surface area contributed by atoms with Crippen molar-refractivity contribution in [1.82, 2.24) is 0 Å². The van der Waals surface area contributed by atoms with Gasteiger partial charge in [-0.25, -0.2) is 0 Å². The van der Waals surface area contributed by atoms with Gasteiger partial charge in [0.15, 0.2) is 6.29 Å². The summed E-state index contributed by atoms with van der Waals surface area (Å²) in [6.45, 7) is 4.89. The van der Waals surface area contributed by atoms with E-state index in [1.165, 1.54) is 5.56 Å². The van der Waals surface area contributed by atoms with Crippen LogP contribution in [-0.4, -0.2) is 19.5 Å². The summed E-state index contributed by atoms with van der Waals surface area (Å²) in [7, 11) is 0. The first-order valence-corrected chi connectivity index (χ1v) is 11.5. The summed E-state index contributed by atoms with van der Waals surface area (Å²) in [5, 5.41) is 0. The predicted octanol–water partition coefficient (Wildman–Crippen LogP) is 7.40. The average molecular weight is 439 g/mol. The molecule has 1 atom stereocenters. The molecule has 0 bridgehead atoms. The van der Waals surface area contributed by atoms with Crippen LogP contribution in [0.3, 0.4) is 0 Å². The number of ether oxygens (including phenoxy) is 3. The summed E-state index contributed by atoms with van der Waals surface area (Å²) in [6, 6.07) is 35.1. The fourth-order valence-electron chi connectivity index (χ4n) is 3.77. The summed E-state index contributed by atoms with van der Waals surface area (Å²) in [5.41, 5.74) is 5.67. The van der Waals surface area contributed by atoms with Crippen molar-refractivity contribution in [3.05, 3.63) is 109 Å². The zero-order chi connectivity index (χ0) is 22.9. The van der Waals surface area contributed by atoms with Crippen LogP contribution in [0.4, 0.5) is 0 Å². The van der Waals surface area contributed by atoms with E-state index in [4.69, 9.17) is 14.2 Å². The van der Waals surface area contributed by atoms with Crippen LogP contribution < -0.4 is 9.47 Å². The van der Waals surface area contributed by atoms with Gasteiger partial charge in [0.1, 0.15) is 18.1 Å². The van der Waals surface area contributed by atoms with Crippen LogP contribution in [0.25, 0.3) is 22.3 Å². The molecule has 0 fully saturated rings. The summed E-state index contributed by atoms with van der Waals surface area (Å²) in [4.78, 5) is 0. The highest BCUT2D eigenvalue weighted by molar-refractivity contribution is 5.82. The third-order valence-electron chi connectivity index (χ3n) is 5.50. The zero-order valence-electron chi connectivity index (χ0n) is 19.2. The van der Waals surface area contributed by atoms with Crippen molar-refractivity contribution in [2.24, 2.45) is 0 Å². The highest BCUT2D eigenvalue weighted by atomic mass is 16.7. The molecule has 3 nitrogen and oxygen atoms in total. The largest absolute Gasteiger partial charge is 0.490 e. The van der Waals surface area contributed by atoms with Crippen molar-refractivity contribution in [2.45, 2.75) is 26.6 Å². The topological polar surface area (TPSA) is 27.7 Å². The second-order valence-electron chi connectivity index (χ2n) is 7.82. The zero-order valence-corrected chi connectivity index (χ0v) is 19.2. The first-order chi connectivity index (χ1) is 16.2. The molecule has 4 rings (SSSR count). The van der Waals surface area contributed by atoms with Gasteiger partial charge in [-0.3, -0.25) is 0 Å².